The molecule has 100 valence electrons. The van der Waals surface area contributed by atoms with Gasteiger partial charge in [0.15, 0.2) is 5.82 Å². The van der Waals surface area contributed by atoms with Crippen molar-refractivity contribution < 1.29 is 4.74 Å². The summed E-state index contributed by atoms with van der Waals surface area (Å²) >= 11 is 6.12. The first-order chi connectivity index (χ1) is 9.13. The normalized spacial score (nSPS) is 10.3. The lowest BCUT2D eigenvalue weighted by Gasteiger charge is -2.07. The van der Waals surface area contributed by atoms with Crippen LogP contribution in [0.2, 0.25) is 5.02 Å². The first-order valence-corrected chi connectivity index (χ1v) is 6.35. The molecule has 0 aliphatic heterocycles. The minimum absolute atomic E-state index is 0.300. The van der Waals surface area contributed by atoms with Crippen LogP contribution in [0.25, 0.3) is 11.4 Å². The molecule has 5 nitrogen and oxygen atoms in total. The van der Waals surface area contributed by atoms with Crippen LogP contribution in [-0.4, -0.2) is 28.6 Å². The molecule has 0 atom stereocenters. The zero-order chi connectivity index (χ0) is 13.8. The van der Waals surface area contributed by atoms with Gasteiger partial charge in [0.2, 0.25) is 5.95 Å². The average Bonchev–Trinajstić information content (AvgIpc) is 2.42. The molecule has 0 fully saturated rings. The number of benzene rings is 1. The Morgan fingerprint density at radius 1 is 1.26 bits per heavy atom. The average molecular weight is 279 g/mol. The molecule has 0 bridgehead atoms. The van der Waals surface area contributed by atoms with Crippen LogP contribution >= 0.6 is 11.6 Å². The van der Waals surface area contributed by atoms with Crippen molar-refractivity contribution in [2.45, 2.75) is 13.8 Å². The maximum absolute atomic E-state index is 6.12. The van der Waals surface area contributed by atoms with Crippen molar-refractivity contribution in [1.29, 1.82) is 0 Å². The third-order valence-corrected chi connectivity index (χ3v) is 2.95. The Kier molecular flexibility index (Phi) is 4.16. The van der Waals surface area contributed by atoms with E-state index in [2.05, 4.69) is 20.3 Å². The predicted molar refractivity (Wildman–Crippen MR) is 75.7 cm³/mol. The molecule has 1 heterocycles. The summed E-state index contributed by atoms with van der Waals surface area (Å²) in [6.07, 6.45) is 0. The minimum atomic E-state index is 0.300. The molecule has 1 aromatic carbocycles. The van der Waals surface area contributed by atoms with Crippen molar-refractivity contribution in [1.82, 2.24) is 15.0 Å². The second-order valence-electron chi connectivity index (χ2n) is 3.91. The van der Waals surface area contributed by atoms with Gasteiger partial charge in [0.05, 0.1) is 6.61 Å². The maximum atomic E-state index is 6.12. The lowest BCUT2D eigenvalue weighted by Crippen LogP contribution is -2.05. The van der Waals surface area contributed by atoms with Crippen LogP contribution in [0.3, 0.4) is 0 Å². The number of ether oxygens (including phenoxy) is 1. The second kappa shape index (κ2) is 5.84. The van der Waals surface area contributed by atoms with Gasteiger partial charge in [-0.05, 0) is 25.5 Å². The molecule has 0 aliphatic carbocycles. The summed E-state index contributed by atoms with van der Waals surface area (Å²) < 4.78 is 5.33. The zero-order valence-electron chi connectivity index (χ0n) is 11.1. The molecule has 0 saturated carbocycles. The van der Waals surface area contributed by atoms with E-state index in [1.54, 1.807) is 7.05 Å². The van der Waals surface area contributed by atoms with E-state index in [1.807, 2.05) is 32.0 Å². The van der Waals surface area contributed by atoms with Crippen LogP contribution in [-0.2, 0) is 0 Å². The van der Waals surface area contributed by atoms with Crippen molar-refractivity contribution in [2.75, 3.05) is 19.0 Å². The molecule has 1 aromatic heterocycles. The van der Waals surface area contributed by atoms with Crippen LogP contribution in [0.1, 0.15) is 12.5 Å². The van der Waals surface area contributed by atoms with Crippen molar-refractivity contribution in [3.8, 4) is 17.4 Å². The Bertz CT molecular complexity index is 589. The quantitative estimate of drug-likeness (QED) is 0.932. The van der Waals surface area contributed by atoms with Crippen LogP contribution in [0, 0.1) is 6.92 Å². The van der Waals surface area contributed by atoms with Crippen molar-refractivity contribution in [3.05, 3.63) is 28.8 Å². The van der Waals surface area contributed by atoms with Gasteiger partial charge < -0.3 is 10.1 Å². The molecular formula is C13H15ClN4O. The van der Waals surface area contributed by atoms with Gasteiger partial charge in [0.25, 0.3) is 0 Å². The molecule has 2 rings (SSSR count). The summed E-state index contributed by atoms with van der Waals surface area (Å²) in [5, 5.41) is 3.57. The molecule has 0 unspecified atom stereocenters. The monoisotopic (exact) mass is 278 g/mol. The van der Waals surface area contributed by atoms with Gasteiger partial charge in [-0.1, -0.05) is 23.7 Å². The number of aromatic nitrogens is 3. The van der Waals surface area contributed by atoms with E-state index >= 15 is 0 Å². The summed E-state index contributed by atoms with van der Waals surface area (Å²) in [4.78, 5) is 12.7. The lowest BCUT2D eigenvalue weighted by molar-refractivity contribution is 0.312. The van der Waals surface area contributed by atoms with Crippen molar-refractivity contribution in [3.63, 3.8) is 0 Å². The number of nitrogens with zero attached hydrogens (tertiary/aromatic N) is 3. The number of anilines is 1. The smallest absolute Gasteiger partial charge is 0.321 e. The topological polar surface area (TPSA) is 59.9 Å². The molecule has 0 saturated heterocycles. The number of rotatable bonds is 4. The number of aryl methyl sites for hydroxylation is 1. The molecule has 6 heteroatoms. The summed E-state index contributed by atoms with van der Waals surface area (Å²) in [6.45, 7) is 4.33. The number of nitrogens with one attached hydrogen (secondary N) is 1. The molecule has 1 N–H and O–H groups in total. The Labute approximate surface area is 117 Å². The fraction of sp³-hybridized carbons (Fsp3) is 0.308. The van der Waals surface area contributed by atoms with Gasteiger partial charge in [-0.15, -0.1) is 0 Å². The number of halogens is 1. The summed E-state index contributed by atoms with van der Waals surface area (Å²) in [5.41, 5.74) is 1.84. The number of hydrogen-bond donors (Lipinski definition) is 1. The molecule has 0 spiro atoms. The van der Waals surface area contributed by atoms with Crippen molar-refractivity contribution >= 4 is 17.5 Å². The Balaban J connectivity index is 2.47. The van der Waals surface area contributed by atoms with E-state index in [9.17, 15) is 0 Å². The highest BCUT2D eigenvalue weighted by Gasteiger charge is 2.09. The predicted octanol–water partition coefficient (Wildman–Crippen LogP) is 2.94. The summed E-state index contributed by atoms with van der Waals surface area (Å²) in [7, 11) is 1.75. The first-order valence-electron chi connectivity index (χ1n) is 5.97. The molecule has 0 amide bonds. The van der Waals surface area contributed by atoms with E-state index < -0.39 is 0 Å². The van der Waals surface area contributed by atoms with Gasteiger partial charge in [-0.3, -0.25) is 0 Å². The first kappa shape index (κ1) is 13.5. The zero-order valence-corrected chi connectivity index (χ0v) is 11.8. The highest BCUT2D eigenvalue weighted by molar-refractivity contribution is 6.31. The Morgan fingerprint density at radius 3 is 2.68 bits per heavy atom. The SMILES string of the molecule is CCOc1nc(NC)nc(-c2ccc(C)c(Cl)c2)n1. The van der Waals surface area contributed by atoms with Crippen molar-refractivity contribution in [2.24, 2.45) is 0 Å². The van der Waals surface area contributed by atoms with Gasteiger partial charge >= 0.3 is 6.01 Å². The fourth-order valence-corrected chi connectivity index (χ4v) is 1.70. The van der Waals surface area contributed by atoms with Crippen LogP contribution in [0.15, 0.2) is 18.2 Å². The Hall–Kier alpha value is -1.88. The molecule has 2 aromatic rings. The van der Waals surface area contributed by atoms with Gasteiger partial charge in [0, 0.05) is 17.6 Å². The Morgan fingerprint density at radius 2 is 2.05 bits per heavy atom. The van der Waals surface area contributed by atoms with E-state index in [0.29, 0.717) is 29.4 Å². The number of hydrogen-bond acceptors (Lipinski definition) is 5. The molecular weight excluding hydrogens is 264 g/mol. The van der Waals surface area contributed by atoms with E-state index in [4.69, 9.17) is 16.3 Å². The molecule has 0 aliphatic rings. The summed E-state index contributed by atoms with van der Waals surface area (Å²) in [5.74, 6) is 0.995. The highest BCUT2D eigenvalue weighted by Crippen LogP contribution is 2.24. The third-order valence-electron chi connectivity index (χ3n) is 2.54. The van der Waals surface area contributed by atoms with Crippen LogP contribution in [0.5, 0.6) is 6.01 Å². The lowest BCUT2D eigenvalue weighted by atomic mass is 10.1. The molecule has 19 heavy (non-hydrogen) atoms. The largest absolute Gasteiger partial charge is 0.464 e. The van der Waals surface area contributed by atoms with E-state index in [1.165, 1.54) is 0 Å². The van der Waals surface area contributed by atoms with Gasteiger partial charge in [-0.2, -0.15) is 15.0 Å². The van der Waals surface area contributed by atoms with Gasteiger partial charge in [-0.25, -0.2) is 0 Å². The standard InChI is InChI=1S/C13H15ClN4O/c1-4-19-13-17-11(16-12(15-3)18-13)9-6-5-8(2)10(14)7-9/h5-7H,4H2,1-3H3,(H,15,16,17,18). The highest BCUT2D eigenvalue weighted by atomic mass is 35.5. The van der Waals surface area contributed by atoms with Crippen LogP contribution < -0.4 is 10.1 Å². The third kappa shape index (κ3) is 3.12. The minimum Gasteiger partial charge on any atom is -0.464 e. The molecule has 0 radical (unpaired) electrons. The van der Waals surface area contributed by atoms with E-state index in [-0.39, 0.29) is 0 Å². The van der Waals surface area contributed by atoms with Crippen LogP contribution in [0.4, 0.5) is 5.95 Å². The van der Waals surface area contributed by atoms with E-state index in [0.717, 1.165) is 11.1 Å². The maximum Gasteiger partial charge on any atom is 0.321 e. The fourth-order valence-electron chi connectivity index (χ4n) is 1.52. The second-order valence-corrected chi connectivity index (χ2v) is 4.32. The summed E-state index contributed by atoms with van der Waals surface area (Å²) in [6, 6.07) is 5.99. The van der Waals surface area contributed by atoms with Gasteiger partial charge in [0.1, 0.15) is 0 Å².